The molecule has 2 fully saturated rings. The van der Waals surface area contributed by atoms with Gasteiger partial charge in [-0.05, 0) is 37.7 Å². The van der Waals surface area contributed by atoms with Crippen molar-refractivity contribution in [3.63, 3.8) is 0 Å². The molecule has 3 unspecified atom stereocenters. The minimum Gasteiger partial charge on any atom is -0.373 e. The molecule has 150 valence electrons. The number of aliphatic imine (C=N–C) groups is 1. The van der Waals surface area contributed by atoms with Gasteiger partial charge in [0.15, 0.2) is 15.8 Å². The Balaban J connectivity index is 1.52. The van der Waals surface area contributed by atoms with Crippen molar-refractivity contribution in [2.75, 3.05) is 38.2 Å². The van der Waals surface area contributed by atoms with Crippen molar-refractivity contribution in [1.29, 1.82) is 0 Å². The highest BCUT2D eigenvalue weighted by Crippen LogP contribution is 2.33. The molecule has 3 atom stereocenters. The van der Waals surface area contributed by atoms with Crippen molar-refractivity contribution in [2.45, 2.75) is 32.3 Å². The lowest BCUT2D eigenvalue weighted by Crippen LogP contribution is -2.43. The third-order valence-electron chi connectivity index (χ3n) is 5.49. The van der Waals surface area contributed by atoms with Crippen LogP contribution >= 0.6 is 0 Å². The quantitative estimate of drug-likeness (QED) is 0.591. The number of hydrogen-bond acceptors (Lipinski definition) is 4. The van der Waals surface area contributed by atoms with E-state index in [0.717, 1.165) is 38.4 Å². The van der Waals surface area contributed by atoms with E-state index in [-0.39, 0.29) is 17.8 Å². The van der Waals surface area contributed by atoms with Gasteiger partial charge in [-0.15, -0.1) is 0 Å². The number of aryl methyl sites for hydroxylation is 1. The third kappa shape index (κ3) is 5.69. The first-order valence-corrected chi connectivity index (χ1v) is 11.6. The first-order valence-electron chi connectivity index (χ1n) is 9.80. The molecule has 0 spiro atoms. The van der Waals surface area contributed by atoms with E-state index in [2.05, 4.69) is 46.8 Å². The van der Waals surface area contributed by atoms with Gasteiger partial charge in [0, 0.05) is 32.7 Å². The number of sulfone groups is 1. The Hall–Kier alpha value is -1.60. The maximum Gasteiger partial charge on any atom is 0.190 e. The Bertz CT molecular complexity index is 746. The SMILES string of the molecule is CN=C(NCC1CCS(=O)(=O)C1)NCC1CCCOC1c1ccc(C)cc1. The lowest BCUT2D eigenvalue weighted by Gasteiger charge is -2.32. The van der Waals surface area contributed by atoms with Crippen LogP contribution in [0.5, 0.6) is 0 Å². The molecule has 1 aromatic rings. The van der Waals surface area contributed by atoms with Crippen LogP contribution < -0.4 is 10.6 Å². The number of nitrogens with one attached hydrogen (secondary N) is 2. The summed E-state index contributed by atoms with van der Waals surface area (Å²) in [5.41, 5.74) is 2.48. The summed E-state index contributed by atoms with van der Waals surface area (Å²) < 4.78 is 29.3. The number of rotatable bonds is 5. The molecule has 1 aromatic carbocycles. The first kappa shape index (κ1) is 20.1. The standard InChI is InChI=1S/C20H31N3O3S/c1-15-5-7-17(8-6-15)19-18(4-3-10-26-19)13-23-20(21-2)22-12-16-9-11-27(24,25)14-16/h5-8,16,18-19H,3-4,9-14H2,1-2H3,(H2,21,22,23). The second-order valence-electron chi connectivity index (χ2n) is 7.71. The minimum atomic E-state index is -2.84. The fraction of sp³-hybridized carbons (Fsp3) is 0.650. The molecule has 2 saturated heterocycles. The van der Waals surface area contributed by atoms with Crippen LogP contribution in [0.4, 0.5) is 0 Å². The maximum absolute atomic E-state index is 11.6. The van der Waals surface area contributed by atoms with Gasteiger partial charge in [0.25, 0.3) is 0 Å². The fourth-order valence-corrected chi connectivity index (χ4v) is 5.76. The summed E-state index contributed by atoms with van der Waals surface area (Å²) >= 11 is 0. The van der Waals surface area contributed by atoms with Crippen LogP contribution in [0.1, 0.15) is 36.5 Å². The Labute approximate surface area is 162 Å². The average molecular weight is 394 g/mol. The van der Waals surface area contributed by atoms with Gasteiger partial charge in [0.2, 0.25) is 0 Å². The molecule has 2 aliphatic heterocycles. The zero-order chi connectivity index (χ0) is 19.3. The normalized spacial score (nSPS) is 28.1. The molecule has 0 radical (unpaired) electrons. The van der Waals surface area contributed by atoms with Gasteiger partial charge in [-0.25, -0.2) is 8.42 Å². The molecule has 0 aromatic heterocycles. The molecule has 2 N–H and O–H groups in total. The van der Waals surface area contributed by atoms with E-state index in [1.807, 2.05) is 0 Å². The van der Waals surface area contributed by atoms with Crippen molar-refractivity contribution in [1.82, 2.24) is 10.6 Å². The van der Waals surface area contributed by atoms with Crippen LogP contribution in [0.2, 0.25) is 0 Å². The molecule has 7 heteroatoms. The average Bonchev–Trinajstić information content (AvgIpc) is 3.02. The molecular weight excluding hydrogens is 362 g/mol. The van der Waals surface area contributed by atoms with Crippen molar-refractivity contribution >= 4 is 15.8 Å². The molecule has 0 bridgehead atoms. The van der Waals surface area contributed by atoms with Crippen LogP contribution in [0, 0.1) is 18.8 Å². The predicted molar refractivity (Wildman–Crippen MR) is 109 cm³/mol. The summed E-state index contributed by atoms with van der Waals surface area (Å²) in [6.45, 7) is 4.32. The van der Waals surface area contributed by atoms with E-state index in [1.165, 1.54) is 11.1 Å². The molecule has 0 aliphatic carbocycles. The second-order valence-corrected chi connectivity index (χ2v) is 9.94. The highest BCUT2D eigenvalue weighted by atomic mass is 32.2. The van der Waals surface area contributed by atoms with Crippen LogP contribution in [-0.4, -0.2) is 52.6 Å². The van der Waals surface area contributed by atoms with Gasteiger partial charge in [0.1, 0.15) is 0 Å². The lowest BCUT2D eigenvalue weighted by atomic mass is 9.89. The highest BCUT2D eigenvalue weighted by molar-refractivity contribution is 7.91. The van der Waals surface area contributed by atoms with E-state index in [0.29, 0.717) is 18.2 Å². The molecule has 0 saturated carbocycles. The summed E-state index contributed by atoms with van der Waals surface area (Å²) in [4.78, 5) is 4.28. The summed E-state index contributed by atoms with van der Waals surface area (Å²) in [5, 5.41) is 6.69. The zero-order valence-electron chi connectivity index (χ0n) is 16.3. The van der Waals surface area contributed by atoms with E-state index in [1.54, 1.807) is 7.05 Å². The van der Waals surface area contributed by atoms with Gasteiger partial charge in [-0.2, -0.15) is 0 Å². The monoisotopic (exact) mass is 393 g/mol. The minimum absolute atomic E-state index is 0.102. The van der Waals surface area contributed by atoms with Gasteiger partial charge < -0.3 is 15.4 Å². The number of guanidine groups is 1. The van der Waals surface area contributed by atoms with Gasteiger partial charge >= 0.3 is 0 Å². The molecular formula is C20H31N3O3S. The molecule has 27 heavy (non-hydrogen) atoms. The van der Waals surface area contributed by atoms with Crippen molar-refractivity contribution < 1.29 is 13.2 Å². The van der Waals surface area contributed by atoms with E-state index >= 15 is 0 Å². The van der Waals surface area contributed by atoms with Gasteiger partial charge in [-0.1, -0.05) is 29.8 Å². The summed E-state index contributed by atoms with van der Waals surface area (Å²) in [6, 6.07) is 8.58. The largest absolute Gasteiger partial charge is 0.373 e. The smallest absolute Gasteiger partial charge is 0.190 e. The van der Waals surface area contributed by atoms with E-state index < -0.39 is 9.84 Å². The van der Waals surface area contributed by atoms with Gasteiger partial charge in [-0.3, -0.25) is 4.99 Å². The molecule has 3 rings (SSSR count). The lowest BCUT2D eigenvalue weighted by molar-refractivity contribution is -0.0265. The van der Waals surface area contributed by atoms with Crippen molar-refractivity contribution in [3.8, 4) is 0 Å². The third-order valence-corrected chi connectivity index (χ3v) is 7.33. The zero-order valence-corrected chi connectivity index (χ0v) is 17.1. The highest BCUT2D eigenvalue weighted by Gasteiger charge is 2.29. The second kappa shape index (κ2) is 9.06. The Kier molecular flexibility index (Phi) is 6.76. The fourth-order valence-electron chi connectivity index (χ4n) is 3.90. The van der Waals surface area contributed by atoms with Crippen LogP contribution in [-0.2, 0) is 14.6 Å². The molecule has 2 aliphatic rings. The Morgan fingerprint density at radius 3 is 2.59 bits per heavy atom. The number of hydrogen-bond donors (Lipinski definition) is 2. The van der Waals surface area contributed by atoms with Crippen LogP contribution in [0.15, 0.2) is 29.3 Å². The van der Waals surface area contributed by atoms with Crippen molar-refractivity contribution in [2.24, 2.45) is 16.8 Å². The maximum atomic E-state index is 11.6. The summed E-state index contributed by atoms with van der Waals surface area (Å²) in [7, 11) is -1.09. The topological polar surface area (TPSA) is 79.8 Å². The Morgan fingerprint density at radius 1 is 1.19 bits per heavy atom. The van der Waals surface area contributed by atoms with Crippen LogP contribution in [0.3, 0.4) is 0 Å². The summed E-state index contributed by atoms with van der Waals surface area (Å²) in [6.07, 6.45) is 3.02. The number of ether oxygens (including phenoxy) is 1. The Morgan fingerprint density at radius 2 is 1.93 bits per heavy atom. The molecule has 2 heterocycles. The van der Waals surface area contributed by atoms with E-state index in [4.69, 9.17) is 4.74 Å². The van der Waals surface area contributed by atoms with Gasteiger partial charge in [0.05, 0.1) is 17.6 Å². The number of nitrogens with zero attached hydrogens (tertiary/aromatic N) is 1. The predicted octanol–water partition coefficient (Wildman–Crippen LogP) is 2.06. The van der Waals surface area contributed by atoms with E-state index in [9.17, 15) is 8.42 Å². The molecule has 6 nitrogen and oxygen atoms in total. The first-order chi connectivity index (χ1) is 13.0. The molecule has 0 amide bonds. The van der Waals surface area contributed by atoms with Crippen molar-refractivity contribution in [3.05, 3.63) is 35.4 Å². The number of benzene rings is 1. The summed E-state index contributed by atoms with van der Waals surface area (Å²) in [5.74, 6) is 1.87. The van der Waals surface area contributed by atoms with Crippen LogP contribution in [0.25, 0.3) is 0 Å².